The quantitative estimate of drug-likeness (QED) is 0.511. The Hall–Kier alpha value is -2.65. The number of nitrogens with zero attached hydrogens (tertiary/aromatic N) is 3. The van der Waals surface area contributed by atoms with Crippen LogP contribution in [-0.2, 0) is 4.79 Å². The van der Waals surface area contributed by atoms with E-state index >= 15 is 0 Å². The largest absolute Gasteiger partial charge is 0.469 e. The molecular formula is C17H14N4O3S2. The van der Waals surface area contributed by atoms with E-state index in [1.165, 1.54) is 23.1 Å². The zero-order chi connectivity index (χ0) is 18.1. The highest BCUT2D eigenvalue weighted by molar-refractivity contribution is 7.99. The van der Waals surface area contributed by atoms with Crippen molar-refractivity contribution in [1.29, 1.82) is 0 Å². The van der Waals surface area contributed by atoms with Crippen LogP contribution >= 0.6 is 23.1 Å². The normalized spacial score (nSPS) is 11.2. The summed E-state index contributed by atoms with van der Waals surface area (Å²) in [4.78, 5) is 16.6. The van der Waals surface area contributed by atoms with Gasteiger partial charge >= 0.3 is 0 Å². The van der Waals surface area contributed by atoms with Crippen LogP contribution in [0.4, 0.5) is 5.13 Å². The minimum absolute atomic E-state index is 0.154. The fourth-order valence-electron chi connectivity index (χ4n) is 2.35. The van der Waals surface area contributed by atoms with Gasteiger partial charge in [0.2, 0.25) is 5.91 Å². The number of carbonyl (C=O) groups is 1. The van der Waals surface area contributed by atoms with E-state index in [4.69, 9.17) is 8.83 Å². The Morgan fingerprint density at radius 1 is 1.27 bits per heavy atom. The average molecular weight is 386 g/mol. The minimum atomic E-state index is -0.176. The Balaban J connectivity index is 1.38. The molecule has 132 valence electrons. The fraction of sp³-hybridized carbons (Fsp3) is 0.176. The van der Waals surface area contributed by atoms with Crippen molar-refractivity contribution in [2.75, 3.05) is 11.1 Å². The smallest absolute Gasteiger partial charge is 0.277 e. The number of hydrogen-bond acceptors (Lipinski definition) is 8. The number of anilines is 1. The predicted molar refractivity (Wildman–Crippen MR) is 100 cm³/mol. The van der Waals surface area contributed by atoms with Gasteiger partial charge in [-0.2, -0.15) is 0 Å². The Morgan fingerprint density at radius 2 is 2.15 bits per heavy atom. The Morgan fingerprint density at radius 3 is 2.96 bits per heavy atom. The number of hydrogen-bond donors (Lipinski definition) is 1. The number of aryl methyl sites for hydroxylation is 2. The molecule has 0 aliphatic rings. The van der Waals surface area contributed by atoms with Crippen molar-refractivity contribution in [1.82, 2.24) is 15.2 Å². The van der Waals surface area contributed by atoms with Crippen molar-refractivity contribution in [2.45, 2.75) is 19.1 Å². The standard InChI is InChI=1S/C17H14N4O3S2/c1-9-3-4-12-13(7-9)26-16(18-12)19-14(22)8-25-17-21-20-15(24-17)11-5-6-23-10(11)2/h3-7H,8H2,1-2H3,(H,18,19,22). The summed E-state index contributed by atoms with van der Waals surface area (Å²) in [7, 11) is 0. The number of thiazole rings is 1. The molecule has 1 aromatic carbocycles. The summed E-state index contributed by atoms with van der Waals surface area (Å²) in [5.74, 6) is 1.06. The van der Waals surface area contributed by atoms with Gasteiger partial charge in [-0.05, 0) is 37.6 Å². The molecule has 0 atom stereocenters. The molecule has 4 rings (SSSR count). The van der Waals surface area contributed by atoms with Crippen molar-refractivity contribution < 1.29 is 13.6 Å². The maximum atomic E-state index is 12.1. The van der Waals surface area contributed by atoms with Gasteiger partial charge in [0.1, 0.15) is 5.76 Å². The summed E-state index contributed by atoms with van der Waals surface area (Å²) >= 11 is 2.63. The molecule has 9 heteroatoms. The van der Waals surface area contributed by atoms with Crippen LogP contribution in [0.15, 0.2) is 44.6 Å². The number of carbonyl (C=O) groups excluding carboxylic acids is 1. The molecule has 0 saturated carbocycles. The van der Waals surface area contributed by atoms with Gasteiger partial charge < -0.3 is 14.2 Å². The summed E-state index contributed by atoms with van der Waals surface area (Å²) in [6.45, 7) is 3.84. The van der Waals surface area contributed by atoms with Gasteiger partial charge in [0, 0.05) is 0 Å². The minimum Gasteiger partial charge on any atom is -0.469 e. The number of amides is 1. The van der Waals surface area contributed by atoms with Gasteiger partial charge in [-0.3, -0.25) is 4.79 Å². The van der Waals surface area contributed by atoms with Crippen LogP contribution in [0.25, 0.3) is 21.7 Å². The van der Waals surface area contributed by atoms with Gasteiger partial charge in [-0.25, -0.2) is 4.98 Å². The highest BCUT2D eigenvalue weighted by Gasteiger charge is 2.15. The molecule has 26 heavy (non-hydrogen) atoms. The number of aromatic nitrogens is 3. The first-order valence-corrected chi connectivity index (χ1v) is 9.56. The maximum Gasteiger partial charge on any atom is 0.277 e. The predicted octanol–water partition coefficient (Wildman–Crippen LogP) is 4.29. The van der Waals surface area contributed by atoms with Crippen LogP contribution in [0.1, 0.15) is 11.3 Å². The first kappa shape index (κ1) is 16.8. The van der Waals surface area contributed by atoms with Crippen LogP contribution in [0.3, 0.4) is 0 Å². The summed E-state index contributed by atoms with van der Waals surface area (Å²) < 4.78 is 11.8. The maximum absolute atomic E-state index is 12.1. The van der Waals surface area contributed by atoms with E-state index in [1.54, 1.807) is 12.3 Å². The zero-order valence-corrected chi connectivity index (χ0v) is 15.6. The van der Waals surface area contributed by atoms with Crippen molar-refractivity contribution in [3.8, 4) is 11.5 Å². The summed E-state index contributed by atoms with van der Waals surface area (Å²) in [6.07, 6.45) is 1.56. The van der Waals surface area contributed by atoms with Crippen LogP contribution in [0.5, 0.6) is 0 Å². The molecule has 3 heterocycles. The number of benzene rings is 1. The number of thioether (sulfide) groups is 1. The summed E-state index contributed by atoms with van der Waals surface area (Å²) in [6, 6.07) is 7.76. The molecule has 0 aliphatic heterocycles. The van der Waals surface area contributed by atoms with Gasteiger partial charge in [-0.15, -0.1) is 10.2 Å². The molecule has 0 bridgehead atoms. The van der Waals surface area contributed by atoms with Crippen molar-refractivity contribution in [3.63, 3.8) is 0 Å². The van der Waals surface area contributed by atoms with Crippen molar-refractivity contribution >= 4 is 44.4 Å². The number of furan rings is 1. The fourth-order valence-corrected chi connectivity index (χ4v) is 3.90. The molecule has 1 amide bonds. The number of nitrogens with one attached hydrogen (secondary N) is 1. The highest BCUT2D eigenvalue weighted by atomic mass is 32.2. The molecule has 7 nitrogen and oxygen atoms in total. The van der Waals surface area contributed by atoms with E-state index in [0.29, 0.717) is 22.0 Å². The van der Waals surface area contributed by atoms with E-state index < -0.39 is 0 Å². The molecule has 0 spiro atoms. The van der Waals surface area contributed by atoms with E-state index in [2.05, 4.69) is 26.6 Å². The molecule has 0 fully saturated rings. The molecule has 0 aliphatic carbocycles. The van der Waals surface area contributed by atoms with Gasteiger partial charge in [0.15, 0.2) is 5.13 Å². The van der Waals surface area contributed by atoms with Crippen LogP contribution in [0, 0.1) is 13.8 Å². The van der Waals surface area contributed by atoms with E-state index in [0.717, 1.165) is 21.3 Å². The lowest BCUT2D eigenvalue weighted by Gasteiger charge is -1.98. The Labute approximate surface area is 156 Å². The third-order valence-electron chi connectivity index (χ3n) is 3.61. The van der Waals surface area contributed by atoms with Crippen molar-refractivity contribution in [2.24, 2.45) is 0 Å². The lowest BCUT2D eigenvalue weighted by Crippen LogP contribution is -2.13. The molecule has 3 aromatic heterocycles. The van der Waals surface area contributed by atoms with Crippen LogP contribution in [-0.4, -0.2) is 26.8 Å². The van der Waals surface area contributed by atoms with E-state index in [-0.39, 0.29) is 11.7 Å². The second-order valence-corrected chi connectivity index (χ2v) is 7.55. The number of fused-ring (bicyclic) bond motifs is 1. The van der Waals surface area contributed by atoms with Crippen LogP contribution < -0.4 is 5.32 Å². The van der Waals surface area contributed by atoms with Crippen LogP contribution in [0.2, 0.25) is 0 Å². The van der Waals surface area contributed by atoms with Crippen molar-refractivity contribution in [3.05, 3.63) is 41.9 Å². The van der Waals surface area contributed by atoms with Gasteiger partial charge in [0.25, 0.3) is 11.1 Å². The van der Waals surface area contributed by atoms with Gasteiger partial charge in [0.05, 0.1) is 27.8 Å². The molecule has 1 N–H and O–H groups in total. The lowest BCUT2D eigenvalue weighted by atomic mass is 10.2. The summed E-state index contributed by atoms with van der Waals surface area (Å²) in [5.41, 5.74) is 2.79. The number of rotatable bonds is 5. The lowest BCUT2D eigenvalue weighted by molar-refractivity contribution is -0.113. The van der Waals surface area contributed by atoms with Gasteiger partial charge in [-0.1, -0.05) is 29.2 Å². The monoisotopic (exact) mass is 386 g/mol. The first-order valence-electron chi connectivity index (χ1n) is 7.76. The highest BCUT2D eigenvalue weighted by Crippen LogP contribution is 2.28. The second kappa shape index (κ2) is 6.93. The third kappa shape index (κ3) is 3.49. The van der Waals surface area contributed by atoms with E-state index in [9.17, 15) is 4.79 Å². The third-order valence-corrected chi connectivity index (χ3v) is 5.36. The molecule has 0 radical (unpaired) electrons. The second-order valence-electron chi connectivity index (χ2n) is 5.59. The zero-order valence-electron chi connectivity index (χ0n) is 14.0. The summed E-state index contributed by atoms with van der Waals surface area (Å²) in [5, 5.41) is 11.6. The molecule has 0 unspecified atom stereocenters. The first-order chi connectivity index (χ1) is 12.6. The molecular weight excluding hydrogens is 372 g/mol. The molecule has 0 saturated heterocycles. The Kier molecular flexibility index (Phi) is 4.48. The average Bonchev–Trinajstić information content (AvgIpc) is 3.31. The SMILES string of the molecule is Cc1ccc2nc(NC(=O)CSc3nnc(-c4ccoc4C)o3)sc2c1. The molecule has 4 aromatic rings. The van der Waals surface area contributed by atoms with E-state index in [1.807, 2.05) is 26.0 Å². The Bertz CT molecular complexity index is 1080. The topological polar surface area (TPSA) is 94.1 Å².